The second-order valence-electron chi connectivity index (χ2n) is 4.14. The smallest absolute Gasteiger partial charge is 0.0796 e. The lowest BCUT2D eigenvalue weighted by Gasteiger charge is -2.12. The second-order valence-corrected chi connectivity index (χ2v) is 4.14. The van der Waals surface area contributed by atoms with E-state index < -0.39 is 0 Å². The molecule has 0 aliphatic heterocycles. The van der Waals surface area contributed by atoms with E-state index in [9.17, 15) is 5.11 Å². The molecule has 80 valence electrons. The van der Waals surface area contributed by atoms with Gasteiger partial charge in [0.25, 0.3) is 0 Å². The van der Waals surface area contributed by atoms with E-state index in [-0.39, 0.29) is 6.10 Å². The van der Waals surface area contributed by atoms with Crippen molar-refractivity contribution in [1.29, 1.82) is 0 Å². The normalized spacial score (nSPS) is 14.0. The van der Waals surface area contributed by atoms with Crippen LogP contribution in [0, 0.1) is 5.92 Å². The summed E-state index contributed by atoms with van der Waals surface area (Å²) in [7, 11) is 0. The highest BCUT2D eigenvalue weighted by Gasteiger charge is 2.06. The molecule has 1 heteroatoms. The molecule has 0 radical (unpaired) electrons. The van der Waals surface area contributed by atoms with Crippen LogP contribution < -0.4 is 0 Å². The minimum Gasteiger partial charge on any atom is -0.388 e. The summed E-state index contributed by atoms with van der Waals surface area (Å²) >= 11 is 0. The molecule has 0 bridgehead atoms. The van der Waals surface area contributed by atoms with E-state index in [1.54, 1.807) is 6.08 Å². The highest BCUT2D eigenvalue weighted by molar-refractivity contribution is 4.93. The summed E-state index contributed by atoms with van der Waals surface area (Å²) in [6.45, 7) is 9.83. The van der Waals surface area contributed by atoms with E-state index >= 15 is 0 Å². The SMILES string of the molecule is C=C=CC(O)C[C@H](C)CCC=C(C)C. The predicted octanol–water partition coefficient (Wildman–Crippen LogP) is 3.46. The maximum atomic E-state index is 9.45. The molecule has 14 heavy (non-hydrogen) atoms. The van der Waals surface area contributed by atoms with Crippen molar-refractivity contribution in [3.63, 3.8) is 0 Å². The number of aliphatic hydroxyl groups is 1. The lowest BCUT2D eigenvalue weighted by Crippen LogP contribution is -2.08. The maximum Gasteiger partial charge on any atom is 0.0796 e. The van der Waals surface area contributed by atoms with E-state index in [1.165, 1.54) is 5.57 Å². The molecule has 0 fully saturated rings. The molecule has 0 rings (SSSR count). The summed E-state index contributed by atoms with van der Waals surface area (Å²) in [5.41, 5.74) is 3.97. The van der Waals surface area contributed by atoms with Gasteiger partial charge in [-0.1, -0.05) is 25.2 Å². The van der Waals surface area contributed by atoms with Gasteiger partial charge in [0, 0.05) is 0 Å². The van der Waals surface area contributed by atoms with Gasteiger partial charge in [0.05, 0.1) is 6.10 Å². The molecular formula is C13H22O. The van der Waals surface area contributed by atoms with E-state index in [2.05, 4.69) is 39.2 Å². The third-order valence-corrected chi connectivity index (χ3v) is 2.17. The number of rotatable bonds is 6. The molecule has 0 aliphatic carbocycles. The fourth-order valence-electron chi connectivity index (χ4n) is 1.39. The lowest BCUT2D eigenvalue weighted by molar-refractivity contribution is 0.188. The quantitative estimate of drug-likeness (QED) is 0.507. The Kier molecular flexibility index (Phi) is 7.18. The molecule has 0 aromatic rings. The molecule has 0 aliphatic rings. The summed E-state index contributed by atoms with van der Waals surface area (Å²) < 4.78 is 0. The standard InChI is InChI=1S/C13H22O/c1-5-7-13(14)10-12(4)9-6-8-11(2)3/h7-8,12-14H,1,6,9-10H2,2-4H3/t12-,13?/m1/s1. The van der Waals surface area contributed by atoms with Gasteiger partial charge in [-0.25, -0.2) is 0 Å². The van der Waals surface area contributed by atoms with Crippen molar-refractivity contribution < 1.29 is 5.11 Å². The van der Waals surface area contributed by atoms with Gasteiger partial charge in [-0.15, -0.1) is 5.73 Å². The van der Waals surface area contributed by atoms with Crippen molar-refractivity contribution in [2.24, 2.45) is 5.92 Å². The molecule has 0 aromatic carbocycles. The third-order valence-electron chi connectivity index (χ3n) is 2.17. The van der Waals surface area contributed by atoms with Gasteiger partial charge in [0.1, 0.15) is 0 Å². The molecule has 1 nitrogen and oxygen atoms in total. The Morgan fingerprint density at radius 2 is 2.14 bits per heavy atom. The van der Waals surface area contributed by atoms with E-state index in [0.717, 1.165) is 19.3 Å². The van der Waals surface area contributed by atoms with E-state index in [1.807, 2.05) is 0 Å². The average molecular weight is 194 g/mol. The first kappa shape index (κ1) is 13.2. The maximum absolute atomic E-state index is 9.45. The molecule has 0 saturated heterocycles. The van der Waals surface area contributed by atoms with Crippen molar-refractivity contribution in [3.8, 4) is 0 Å². The zero-order chi connectivity index (χ0) is 11.0. The largest absolute Gasteiger partial charge is 0.388 e. The molecule has 0 heterocycles. The van der Waals surface area contributed by atoms with Gasteiger partial charge in [-0.2, -0.15) is 0 Å². The Balaban J connectivity index is 3.70. The molecule has 0 aromatic heterocycles. The minimum atomic E-state index is -0.380. The van der Waals surface area contributed by atoms with Crippen molar-refractivity contribution in [3.05, 3.63) is 30.0 Å². The van der Waals surface area contributed by atoms with Crippen LogP contribution in [0.15, 0.2) is 30.0 Å². The zero-order valence-electron chi connectivity index (χ0n) is 9.59. The van der Waals surface area contributed by atoms with Crippen LogP contribution in [0.4, 0.5) is 0 Å². The van der Waals surface area contributed by atoms with Crippen molar-refractivity contribution in [2.45, 2.75) is 46.1 Å². The topological polar surface area (TPSA) is 20.2 Å². The summed E-state index contributed by atoms with van der Waals surface area (Å²) in [6, 6.07) is 0. The van der Waals surface area contributed by atoms with Crippen LogP contribution in [0.1, 0.15) is 40.0 Å². The van der Waals surface area contributed by atoms with Gasteiger partial charge in [0.15, 0.2) is 0 Å². The van der Waals surface area contributed by atoms with Crippen molar-refractivity contribution in [2.75, 3.05) is 0 Å². The molecular weight excluding hydrogens is 172 g/mol. The highest BCUT2D eigenvalue weighted by atomic mass is 16.3. The Bertz CT molecular complexity index is 217. The Hall–Kier alpha value is -0.780. The van der Waals surface area contributed by atoms with Gasteiger partial charge >= 0.3 is 0 Å². The molecule has 0 spiro atoms. The first-order chi connectivity index (χ1) is 6.56. The number of aliphatic hydroxyl groups excluding tert-OH is 1. The lowest BCUT2D eigenvalue weighted by atomic mass is 9.98. The summed E-state index contributed by atoms with van der Waals surface area (Å²) in [4.78, 5) is 0. The molecule has 1 N–H and O–H groups in total. The van der Waals surface area contributed by atoms with E-state index in [0.29, 0.717) is 5.92 Å². The van der Waals surface area contributed by atoms with Crippen LogP contribution >= 0.6 is 0 Å². The average Bonchev–Trinajstić information content (AvgIpc) is 2.03. The Labute approximate surface area is 87.8 Å². The number of hydrogen-bond acceptors (Lipinski definition) is 1. The van der Waals surface area contributed by atoms with Gasteiger partial charge < -0.3 is 5.11 Å². The second kappa shape index (κ2) is 7.61. The van der Waals surface area contributed by atoms with Crippen LogP contribution in [0.25, 0.3) is 0 Å². The van der Waals surface area contributed by atoms with Crippen LogP contribution in [0.2, 0.25) is 0 Å². The van der Waals surface area contributed by atoms with Crippen LogP contribution in [-0.4, -0.2) is 11.2 Å². The number of allylic oxidation sites excluding steroid dienone is 2. The summed E-state index contributed by atoms with van der Waals surface area (Å²) in [6.07, 6.45) is 6.53. The van der Waals surface area contributed by atoms with Gasteiger partial charge in [0.2, 0.25) is 0 Å². The fourth-order valence-corrected chi connectivity index (χ4v) is 1.39. The third kappa shape index (κ3) is 7.85. The zero-order valence-corrected chi connectivity index (χ0v) is 9.59. The molecule has 1 unspecified atom stereocenters. The molecule has 0 saturated carbocycles. The first-order valence-corrected chi connectivity index (χ1v) is 5.23. The Morgan fingerprint density at radius 1 is 1.50 bits per heavy atom. The van der Waals surface area contributed by atoms with E-state index in [4.69, 9.17) is 0 Å². The van der Waals surface area contributed by atoms with Crippen LogP contribution in [-0.2, 0) is 0 Å². The minimum absolute atomic E-state index is 0.380. The van der Waals surface area contributed by atoms with Crippen molar-refractivity contribution >= 4 is 0 Å². The molecule has 2 atom stereocenters. The highest BCUT2D eigenvalue weighted by Crippen LogP contribution is 2.14. The summed E-state index contributed by atoms with van der Waals surface area (Å²) in [5, 5.41) is 9.45. The summed E-state index contributed by atoms with van der Waals surface area (Å²) in [5.74, 6) is 0.546. The van der Waals surface area contributed by atoms with Gasteiger partial charge in [-0.3, -0.25) is 0 Å². The van der Waals surface area contributed by atoms with Gasteiger partial charge in [-0.05, 0) is 45.1 Å². The molecule has 0 amide bonds. The van der Waals surface area contributed by atoms with Crippen LogP contribution in [0.5, 0.6) is 0 Å². The van der Waals surface area contributed by atoms with Crippen LogP contribution in [0.3, 0.4) is 0 Å². The first-order valence-electron chi connectivity index (χ1n) is 5.23. The number of hydrogen-bond donors (Lipinski definition) is 1. The fraction of sp³-hybridized carbons (Fsp3) is 0.615. The Morgan fingerprint density at radius 3 is 2.64 bits per heavy atom. The predicted molar refractivity (Wildman–Crippen MR) is 62.2 cm³/mol. The van der Waals surface area contributed by atoms with Crippen molar-refractivity contribution in [1.82, 2.24) is 0 Å². The monoisotopic (exact) mass is 194 g/mol.